The van der Waals surface area contributed by atoms with Crippen molar-refractivity contribution in [3.05, 3.63) is 59.0 Å². The number of carbonyl (C=O) groups excluding carboxylic acids is 2. The largest absolute Gasteiger partial charge is 0.465 e. The van der Waals surface area contributed by atoms with E-state index in [-0.39, 0.29) is 12.3 Å². The lowest BCUT2D eigenvalue weighted by atomic mass is 10.1. The van der Waals surface area contributed by atoms with E-state index >= 15 is 0 Å². The van der Waals surface area contributed by atoms with Gasteiger partial charge in [0.05, 0.1) is 19.2 Å². The molecule has 4 nitrogen and oxygen atoms in total. The van der Waals surface area contributed by atoms with Crippen molar-refractivity contribution < 1.29 is 14.3 Å². The molecule has 0 saturated carbocycles. The van der Waals surface area contributed by atoms with E-state index in [0.717, 1.165) is 15.6 Å². The average Bonchev–Trinajstić information content (AvgIpc) is 3.01. The van der Waals surface area contributed by atoms with Crippen LogP contribution in [-0.2, 0) is 16.0 Å². The molecule has 0 unspecified atom stereocenters. The van der Waals surface area contributed by atoms with Crippen molar-refractivity contribution in [2.24, 2.45) is 0 Å². The number of rotatable bonds is 6. The summed E-state index contributed by atoms with van der Waals surface area (Å²) in [5.41, 5.74) is 1.46. The van der Waals surface area contributed by atoms with E-state index in [4.69, 9.17) is 4.74 Å². The highest BCUT2D eigenvalue weighted by Crippen LogP contribution is 2.36. The van der Waals surface area contributed by atoms with Crippen molar-refractivity contribution in [3.8, 4) is 0 Å². The van der Waals surface area contributed by atoms with Crippen LogP contribution in [0.15, 0.2) is 53.4 Å². The molecule has 1 N–H and O–H groups in total. The highest BCUT2D eigenvalue weighted by molar-refractivity contribution is 7.99. The lowest BCUT2D eigenvalue weighted by Gasteiger charge is -2.08. The Morgan fingerprint density at radius 3 is 2.48 bits per heavy atom. The molecule has 1 aromatic heterocycles. The second kappa shape index (κ2) is 8.59. The maximum absolute atomic E-state index is 12.6. The highest BCUT2D eigenvalue weighted by Gasteiger charge is 2.20. The molecule has 0 bridgehead atoms. The molecule has 27 heavy (non-hydrogen) atoms. The molecule has 140 valence electrons. The summed E-state index contributed by atoms with van der Waals surface area (Å²) >= 11 is 3.11. The van der Waals surface area contributed by atoms with E-state index in [2.05, 4.69) is 19.2 Å². The van der Waals surface area contributed by atoms with Crippen LogP contribution >= 0.6 is 23.1 Å². The number of amides is 1. The van der Waals surface area contributed by atoms with E-state index in [1.165, 1.54) is 23.3 Å². The summed E-state index contributed by atoms with van der Waals surface area (Å²) in [5, 5.41) is 4.27. The third-order valence-electron chi connectivity index (χ3n) is 3.89. The van der Waals surface area contributed by atoms with Gasteiger partial charge in [-0.3, -0.25) is 4.79 Å². The first-order valence-corrected chi connectivity index (χ1v) is 10.3. The lowest BCUT2D eigenvalue weighted by Crippen LogP contribution is -2.16. The molecule has 0 aliphatic carbocycles. The fourth-order valence-corrected chi connectivity index (χ4v) is 4.65. The number of benzene rings is 2. The number of nitrogens with one attached hydrogen (secondary N) is 1. The Bertz CT molecular complexity index is 961. The van der Waals surface area contributed by atoms with Gasteiger partial charge in [-0.05, 0) is 23.8 Å². The summed E-state index contributed by atoms with van der Waals surface area (Å²) < 4.78 is 5.80. The van der Waals surface area contributed by atoms with Crippen molar-refractivity contribution >= 4 is 50.7 Å². The zero-order valence-electron chi connectivity index (χ0n) is 15.4. The number of ether oxygens (including phenoxy) is 1. The van der Waals surface area contributed by atoms with Gasteiger partial charge in [0.2, 0.25) is 5.91 Å². The van der Waals surface area contributed by atoms with Crippen LogP contribution < -0.4 is 5.32 Å². The van der Waals surface area contributed by atoms with Crippen LogP contribution in [0.4, 0.5) is 5.69 Å². The molecule has 1 amide bonds. The molecule has 3 aromatic rings. The molecule has 0 radical (unpaired) electrons. The Kier molecular flexibility index (Phi) is 6.19. The fraction of sp³-hybridized carbons (Fsp3) is 0.238. The molecular formula is C21H21NO3S2. The summed E-state index contributed by atoms with van der Waals surface area (Å²) in [6.07, 6.45) is 0.247. The summed E-state index contributed by atoms with van der Waals surface area (Å²) in [7, 11) is 1.34. The Morgan fingerprint density at radius 2 is 1.81 bits per heavy atom. The summed E-state index contributed by atoms with van der Waals surface area (Å²) in [5.74, 6) is -0.602. The molecule has 0 aliphatic rings. The first kappa shape index (κ1) is 19.5. The van der Waals surface area contributed by atoms with Crippen LogP contribution in [-0.4, -0.2) is 24.2 Å². The molecule has 3 rings (SSSR count). The monoisotopic (exact) mass is 399 g/mol. The van der Waals surface area contributed by atoms with Crippen LogP contribution in [0, 0.1) is 0 Å². The van der Waals surface area contributed by atoms with Gasteiger partial charge in [0, 0.05) is 20.2 Å². The van der Waals surface area contributed by atoms with Crippen LogP contribution in [0.25, 0.3) is 10.1 Å². The predicted octanol–water partition coefficient (Wildman–Crippen LogP) is 5.37. The minimum absolute atomic E-state index is 0.159. The van der Waals surface area contributed by atoms with E-state index in [1.807, 2.05) is 48.5 Å². The standard InChI is InChI=1S/C21H21NO3S2/c1-13(2)26-15-10-8-14(9-11-15)12-18(23)22-19-16-6-4-5-7-17(16)27-20(19)21(24)25-3/h4-11,13H,12H2,1-3H3,(H,22,23). The van der Waals surface area contributed by atoms with Gasteiger partial charge in [-0.15, -0.1) is 23.1 Å². The third kappa shape index (κ3) is 4.70. The van der Waals surface area contributed by atoms with Crippen molar-refractivity contribution in [1.82, 2.24) is 0 Å². The number of anilines is 1. The van der Waals surface area contributed by atoms with Crippen molar-refractivity contribution in [2.45, 2.75) is 30.4 Å². The second-order valence-corrected chi connectivity index (χ2v) is 9.03. The SMILES string of the molecule is COC(=O)c1sc2ccccc2c1NC(=O)Cc1ccc(SC(C)C)cc1. The minimum atomic E-state index is -0.443. The van der Waals surface area contributed by atoms with Gasteiger partial charge in [0.1, 0.15) is 4.88 Å². The van der Waals surface area contributed by atoms with Crippen LogP contribution in [0.3, 0.4) is 0 Å². The van der Waals surface area contributed by atoms with Crippen molar-refractivity contribution in [2.75, 3.05) is 12.4 Å². The van der Waals surface area contributed by atoms with Gasteiger partial charge in [-0.25, -0.2) is 4.79 Å². The summed E-state index contributed by atoms with van der Waals surface area (Å²) in [6, 6.07) is 15.6. The maximum atomic E-state index is 12.6. The first-order valence-electron chi connectivity index (χ1n) is 8.63. The topological polar surface area (TPSA) is 55.4 Å². The number of hydrogen-bond acceptors (Lipinski definition) is 5. The molecule has 6 heteroatoms. The third-order valence-corrected chi connectivity index (χ3v) is 6.06. The van der Waals surface area contributed by atoms with Gasteiger partial charge in [-0.2, -0.15) is 0 Å². The number of esters is 1. The van der Waals surface area contributed by atoms with Gasteiger partial charge >= 0.3 is 5.97 Å². The van der Waals surface area contributed by atoms with E-state index in [9.17, 15) is 9.59 Å². The Labute approximate surface area is 166 Å². The molecule has 2 aromatic carbocycles. The number of methoxy groups -OCH3 is 1. The Balaban J connectivity index is 1.78. The molecule has 1 heterocycles. The van der Waals surface area contributed by atoms with Gasteiger partial charge in [0.25, 0.3) is 0 Å². The Morgan fingerprint density at radius 1 is 1.11 bits per heavy atom. The van der Waals surface area contributed by atoms with E-state index in [1.54, 1.807) is 11.8 Å². The highest BCUT2D eigenvalue weighted by atomic mass is 32.2. The van der Waals surface area contributed by atoms with Crippen LogP contribution in [0.5, 0.6) is 0 Å². The normalized spacial score (nSPS) is 11.0. The quantitative estimate of drug-likeness (QED) is 0.447. The molecule has 0 aliphatic heterocycles. The summed E-state index contributed by atoms with van der Waals surface area (Å²) in [6.45, 7) is 4.30. The predicted molar refractivity (Wildman–Crippen MR) is 113 cm³/mol. The summed E-state index contributed by atoms with van der Waals surface area (Å²) in [4.78, 5) is 26.3. The Hall–Kier alpha value is -2.31. The molecular weight excluding hydrogens is 378 g/mol. The van der Waals surface area contributed by atoms with Crippen molar-refractivity contribution in [1.29, 1.82) is 0 Å². The van der Waals surface area contributed by atoms with Crippen molar-refractivity contribution in [3.63, 3.8) is 0 Å². The minimum Gasteiger partial charge on any atom is -0.465 e. The number of carbonyl (C=O) groups is 2. The molecule has 0 spiro atoms. The number of thioether (sulfide) groups is 1. The number of fused-ring (bicyclic) bond motifs is 1. The second-order valence-electron chi connectivity index (χ2n) is 6.33. The molecule has 0 saturated heterocycles. The smallest absolute Gasteiger partial charge is 0.350 e. The molecule has 0 fully saturated rings. The maximum Gasteiger partial charge on any atom is 0.350 e. The average molecular weight is 400 g/mol. The zero-order chi connectivity index (χ0) is 19.4. The lowest BCUT2D eigenvalue weighted by molar-refractivity contribution is -0.115. The van der Waals surface area contributed by atoms with Crippen LogP contribution in [0.1, 0.15) is 29.1 Å². The fourth-order valence-electron chi connectivity index (χ4n) is 2.73. The molecule has 0 atom stereocenters. The number of thiophene rings is 1. The van der Waals surface area contributed by atoms with E-state index in [0.29, 0.717) is 15.8 Å². The van der Waals surface area contributed by atoms with Gasteiger partial charge in [-0.1, -0.05) is 44.2 Å². The van der Waals surface area contributed by atoms with E-state index < -0.39 is 5.97 Å². The van der Waals surface area contributed by atoms with Crippen LogP contribution in [0.2, 0.25) is 0 Å². The van der Waals surface area contributed by atoms with Gasteiger partial charge < -0.3 is 10.1 Å². The van der Waals surface area contributed by atoms with Gasteiger partial charge in [0.15, 0.2) is 0 Å². The first-order chi connectivity index (χ1) is 13.0. The number of hydrogen-bond donors (Lipinski definition) is 1. The zero-order valence-corrected chi connectivity index (χ0v) is 17.1.